The zero-order chi connectivity index (χ0) is 20.6. The van der Waals surface area contributed by atoms with Crippen molar-refractivity contribution in [3.05, 3.63) is 57.7 Å². The van der Waals surface area contributed by atoms with Gasteiger partial charge in [0.25, 0.3) is 0 Å². The second-order valence-electron chi connectivity index (χ2n) is 9.85. The molecule has 0 aromatic rings. The Morgan fingerprint density at radius 1 is 0.400 bits per heavy atom. The normalized spacial score (nSPS) is 35.2. The summed E-state index contributed by atoms with van der Waals surface area (Å²) < 4.78 is 0. The molecule has 0 aliphatic heterocycles. The van der Waals surface area contributed by atoms with Gasteiger partial charge < -0.3 is 0 Å². The molecule has 0 saturated heterocycles. The number of hydrogen-bond donors (Lipinski definition) is 0. The van der Waals surface area contributed by atoms with Crippen molar-refractivity contribution in [1.29, 1.82) is 0 Å². The van der Waals surface area contributed by atoms with Gasteiger partial charge in [-0.2, -0.15) is 0 Å². The average molecular weight is 400 g/mol. The van der Waals surface area contributed by atoms with Crippen molar-refractivity contribution >= 4 is 23.1 Å². The van der Waals surface area contributed by atoms with E-state index < -0.39 is 0 Å². The van der Waals surface area contributed by atoms with E-state index in [1.165, 1.54) is 57.7 Å². The molecule has 0 aromatic heterocycles. The van der Waals surface area contributed by atoms with Gasteiger partial charge >= 0.3 is 0 Å². The predicted octanol–water partition coefficient (Wildman–Crippen LogP) is 3.93. The molecular formula is C26H24O4. The maximum atomic E-state index is 12.4. The molecule has 0 spiro atoms. The van der Waals surface area contributed by atoms with Crippen LogP contribution in [-0.2, 0) is 19.2 Å². The predicted molar refractivity (Wildman–Crippen MR) is 110 cm³/mol. The first-order valence-corrected chi connectivity index (χ1v) is 11.1. The monoisotopic (exact) mass is 400 g/mol. The minimum absolute atomic E-state index is 0.103. The third kappa shape index (κ3) is 2.65. The highest BCUT2D eigenvalue weighted by molar-refractivity contribution is 6.08. The van der Waals surface area contributed by atoms with Crippen molar-refractivity contribution in [2.75, 3.05) is 0 Å². The Kier molecular flexibility index (Phi) is 3.90. The van der Waals surface area contributed by atoms with Crippen molar-refractivity contribution in [2.24, 2.45) is 23.7 Å². The molecule has 0 bridgehead atoms. The highest BCUT2D eigenvalue weighted by Gasteiger charge is 2.43. The second kappa shape index (κ2) is 6.44. The SMILES string of the molecule is O=C1C=CC(=O)[C@H]2CC3=C(CC4=C(C3)CC3=C(C4)C[C@H]4C(=O)C=CC(=O)[C@@H]4C3)C[C@H]12. The second-order valence-corrected chi connectivity index (χ2v) is 9.85. The molecule has 0 N–H and O–H groups in total. The highest BCUT2D eigenvalue weighted by atomic mass is 16.1. The number of ketones is 4. The molecular weight excluding hydrogens is 376 g/mol. The van der Waals surface area contributed by atoms with E-state index in [0.717, 1.165) is 51.4 Å². The van der Waals surface area contributed by atoms with Crippen LogP contribution in [0.5, 0.6) is 0 Å². The van der Waals surface area contributed by atoms with Gasteiger partial charge in [0.1, 0.15) is 0 Å². The Hall–Kier alpha value is -2.62. The summed E-state index contributed by atoms with van der Waals surface area (Å²) in [6.07, 6.45) is 12.4. The Labute approximate surface area is 175 Å². The van der Waals surface area contributed by atoms with Gasteiger partial charge in [-0.25, -0.2) is 0 Å². The first-order chi connectivity index (χ1) is 14.5. The Balaban J connectivity index is 1.24. The van der Waals surface area contributed by atoms with Gasteiger partial charge in [-0.05, 0) is 75.7 Å². The fourth-order valence-electron chi connectivity index (χ4n) is 6.67. The van der Waals surface area contributed by atoms with Crippen molar-refractivity contribution in [2.45, 2.75) is 51.4 Å². The van der Waals surface area contributed by atoms with Crippen LogP contribution in [0.15, 0.2) is 57.7 Å². The molecule has 0 aromatic carbocycles. The number of fused-ring (bicyclic) bond motifs is 2. The third-order valence-corrected chi connectivity index (χ3v) is 8.33. The summed E-state index contributed by atoms with van der Waals surface area (Å²) in [6, 6.07) is 0. The van der Waals surface area contributed by atoms with Gasteiger partial charge in [-0.1, -0.05) is 33.4 Å². The molecule has 6 aliphatic carbocycles. The van der Waals surface area contributed by atoms with Crippen molar-refractivity contribution in [3.63, 3.8) is 0 Å². The van der Waals surface area contributed by atoms with E-state index >= 15 is 0 Å². The minimum Gasteiger partial charge on any atom is -0.295 e. The van der Waals surface area contributed by atoms with E-state index in [0.29, 0.717) is 0 Å². The van der Waals surface area contributed by atoms with Crippen LogP contribution in [0, 0.1) is 23.7 Å². The topological polar surface area (TPSA) is 68.3 Å². The van der Waals surface area contributed by atoms with Gasteiger partial charge in [0.2, 0.25) is 0 Å². The smallest absolute Gasteiger partial charge is 0.159 e. The largest absolute Gasteiger partial charge is 0.295 e. The standard InChI is InChI=1S/C26H24O4/c27-23-1-2-24(28)20-10-16-6-14-8-18-12-22-21(25(29)3-4-26(22)30)11-17(18)7-13(14)5-15(16)9-19(20)23/h1-4,19-22H,5-12H2/t19-,20-,21+,22+. The quantitative estimate of drug-likeness (QED) is 0.578. The summed E-state index contributed by atoms with van der Waals surface area (Å²) in [6.45, 7) is 0. The maximum Gasteiger partial charge on any atom is 0.159 e. The number of rotatable bonds is 0. The number of hydrogen-bond acceptors (Lipinski definition) is 4. The van der Waals surface area contributed by atoms with Gasteiger partial charge in [-0.15, -0.1) is 0 Å². The third-order valence-electron chi connectivity index (χ3n) is 8.33. The molecule has 4 nitrogen and oxygen atoms in total. The van der Waals surface area contributed by atoms with Crippen LogP contribution in [0.1, 0.15) is 51.4 Å². The van der Waals surface area contributed by atoms with Crippen molar-refractivity contribution < 1.29 is 19.2 Å². The fourth-order valence-corrected chi connectivity index (χ4v) is 6.67. The Bertz CT molecular complexity index is 924. The summed E-state index contributed by atoms with van der Waals surface area (Å²) in [5, 5.41) is 0. The lowest BCUT2D eigenvalue weighted by Crippen LogP contribution is -2.37. The Morgan fingerprint density at radius 2 is 0.633 bits per heavy atom. The van der Waals surface area contributed by atoms with E-state index in [-0.39, 0.29) is 46.8 Å². The zero-order valence-corrected chi connectivity index (χ0v) is 16.9. The van der Waals surface area contributed by atoms with Crippen LogP contribution in [0.2, 0.25) is 0 Å². The highest BCUT2D eigenvalue weighted by Crippen LogP contribution is 2.52. The zero-order valence-electron chi connectivity index (χ0n) is 16.9. The first kappa shape index (κ1) is 18.2. The van der Waals surface area contributed by atoms with E-state index in [9.17, 15) is 19.2 Å². The van der Waals surface area contributed by atoms with E-state index in [1.807, 2.05) is 0 Å². The van der Waals surface area contributed by atoms with Crippen molar-refractivity contribution in [3.8, 4) is 0 Å². The average Bonchev–Trinajstić information content (AvgIpc) is 2.74. The van der Waals surface area contributed by atoms with Crippen LogP contribution < -0.4 is 0 Å². The summed E-state index contributed by atoms with van der Waals surface area (Å²) in [5.74, 6) is -0.273. The van der Waals surface area contributed by atoms with Gasteiger partial charge in [-0.3, -0.25) is 19.2 Å². The van der Waals surface area contributed by atoms with E-state index in [4.69, 9.17) is 0 Å². The van der Waals surface area contributed by atoms with E-state index in [2.05, 4.69) is 0 Å². The summed E-state index contributed by atoms with van der Waals surface area (Å²) >= 11 is 0. The lowest BCUT2D eigenvalue weighted by atomic mass is 9.62. The molecule has 0 amide bonds. The molecule has 152 valence electrons. The van der Waals surface area contributed by atoms with Crippen LogP contribution in [0.3, 0.4) is 0 Å². The molecule has 30 heavy (non-hydrogen) atoms. The fraction of sp³-hybridized carbons (Fsp3) is 0.462. The Morgan fingerprint density at radius 3 is 0.867 bits per heavy atom. The minimum atomic E-state index is -0.171. The van der Waals surface area contributed by atoms with Crippen LogP contribution >= 0.6 is 0 Å². The molecule has 6 rings (SSSR count). The van der Waals surface area contributed by atoms with Gasteiger partial charge in [0.15, 0.2) is 23.1 Å². The van der Waals surface area contributed by atoms with Crippen LogP contribution in [0.25, 0.3) is 0 Å². The van der Waals surface area contributed by atoms with E-state index in [1.54, 1.807) is 0 Å². The summed E-state index contributed by atoms with van der Waals surface area (Å²) in [4.78, 5) is 49.5. The van der Waals surface area contributed by atoms with Crippen LogP contribution in [-0.4, -0.2) is 23.1 Å². The molecule has 0 fully saturated rings. The molecule has 6 aliphatic rings. The molecule has 4 atom stereocenters. The molecule has 0 heterocycles. The van der Waals surface area contributed by atoms with Crippen molar-refractivity contribution in [1.82, 2.24) is 0 Å². The molecule has 0 unspecified atom stereocenters. The van der Waals surface area contributed by atoms with Crippen LogP contribution in [0.4, 0.5) is 0 Å². The maximum absolute atomic E-state index is 12.4. The lowest BCUT2D eigenvalue weighted by molar-refractivity contribution is -0.129. The van der Waals surface area contributed by atoms with Gasteiger partial charge in [0.05, 0.1) is 0 Å². The lowest BCUT2D eigenvalue weighted by Gasteiger charge is -2.41. The molecule has 0 radical (unpaired) electrons. The number of allylic oxidation sites excluding steroid dienone is 10. The number of carbonyl (C=O) groups excluding carboxylic acids is 4. The molecule has 0 saturated carbocycles. The first-order valence-electron chi connectivity index (χ1n) is 11.1. The number of carbonyl (C=O) groups is 4. The summed E-state index contributed by atoms with van der Waals surface area (Å²) in [5.41, 5.74) is 8.40. The molecule has 4 heteroatoms. The summed E-state index contributed by atoms with van der Waals surface area (Å²) in [7, 11) is 0. The van der Waals surface area contributed by atoms with Gasteiger partial charge in [0, 0.05) is 23.7 Å².